The Balaban J connectivity index is 3.59. The summed E-state index contributed by atoms with van der Waals surface area (Å²) in [6, 6.07) is 0. The first-order valence-corrected chi connectivity index (χ1v) is 13.2. The van der Waals surface area contributed by atoms with Gasteiger partial charge in [0.05, 0.1) is 6.61 Å². The van der Waals surface area contributed by atoms with Crippen LogP contribution in [0.2, 0.25) is 0 Å². The van der Waals surface area contributed by atoms with Crippen LogP contribution in [0.4, 0.5) is 0 Å². The third kappa shape index (κ3) is 21.7. The van der Waals surface area contributed by atoms with Gasteiger partial charge in [-0.15, -0.1) is 0 Å². The fourth-order valence-corrected chi connectivity index (χ4v) is 3.70. The molecule has 0 rings (SSSR count). The second-order valence-corrected chi connectivity index (χ2v) is 8.73. The summed E-state index contributed by atoms with van der Waals surface area (Å²) in [7, 11) is 0. The molecule has 0 amide bonds. The zero-order valence-corrected chi connectivity index (χ0v) is 20.8. The smallest absolute Gasteiger partial charge is 0.331 e. The fourth-order valence-electron chi connectivity index (χ4n) is 3.70. The maximum Gasteiger partial charge on any atom is 0.331 e. The quantitative estimate of drug-likeness (QED) is 0.0973. The van der Waals surface area contributed by atoms with Gasteiger partial charge in [0.15, 0.2) is 0 Å². The second kappa shape index (κ2) is 23.3. The number of rotatable bonds is 22. The Hall–Kier alpha value is -1.32. The Labute approximate surface area is 192 Å². The lowest BCUT2D eigenvalue weighted by Crippen LogP contribution is -2.17. The molecule has 182 valence electrons. The molecule has 4 nitrogen and oxygen atoms in total. The molecule has 4 heteroatoms. The zero-order chi connectivity index (χ0) is 23.0. The first-order chi connectivity index (χ1) is 15.1. The summed E-state index contributed by atoms with van der Waals surface area (Å²) < 4.78 is 10.6. The highest BCUT2D eigenvalue weighted by Gasteiger charge is 2.11. The number of unbranched alkanes of at least 4 members (excludes halogenated alkanes) is 13. The summed E-state index contributed by atoms with van der Waals surface area (Å²) in [5.74, 6) is -0.913. The van der Waals surface area contributed by atoms with Gasteiger partial charge in [0.1, 0.15) is 6.10 Å². The number of esters is 2. The molecule has 1 unspecified atom stereocenters. The zero-order valence-electron chi connectivity index (χ0n) is 20.8. The van der Waals surface area contributed by atoms with Gasteiger partial charge in [-0.3, -0.25) is 0 Å². The van der Waals surface area contributed by atoms with Crippen LogP contribution in [0, 0.1) is 0 Å². The van der Waals surface area contributed by atoms with Crippen LogP contribution in [0.1, 0.15) is 136 Å². The Morgan fingerprint density at radius 1 is 0.581 bits per heavy atom. The Morgan fingerprint density at radius 2 is 1.06 bits per heavy atom. The van der Waals surface area contributed by atoms with Gasteiger partial charge < -0.3 is 9.47 Å². The van der Waals surface area contributed by atoms with Crippen molar-refractivity contribution < 1.29 is 19.1 Å². The highest BCUT2D eigenvalue weighted by atomic mass is 16.5. The first-order valence-electron chi connectivity index (χ1n) is 13.2. The molecule has 0 saturated carbocycles. The molecule has 31 heavy (non-hydrogen) atoms. The van der Waals surface area contributed by atoms with E-state index in [9.17, 15) is 9.59 Å². The van der Waals surface area contributed by atoms with Crippen molar-refractivity contribution in [3.05, 3.63) is 12.2 Å². The van der Waals surface area contributed by atoms with Gasteiger partial charge in [-0.25, -0.2) is 9.59 Å². The lowest BCUT2D eigenvalue weighted by Gasteiger charge is -2.15. The van der Waals surface area contributed by atoms with Gasteiger partial charge in [0.25, 0.3) is 0 Å². The molecule has 0 spiro atoms. The standard InChI is InChI=1S/C27H50O4/c1-4-7-9-10-11-12-13-14-15-16-17-18-19-24-30-26(28)22-23-27(29)31-25(20-6-3)21-8-5-2/h22-23,25H,4-21,24H2,1-3H3/b23-22+. The van der Waals surface area contributed by atoms with Gasteiger partial charge >= 0.3 is 11.9 Å². The van der Waals surface area contributed by atoms with Crippen molar-refractivity contribution in [1.29, 1.82) is 0 Å². The van der Waals surface area contributed by atoms with Gasteiger partial charge in [-0.2, -0.15) is 0 Å². The molecule has 0 aliphatic rings. The van der Waals surface area contributed by atoms with E-state index in [1.807, 2.05) is 0 Å². The van der Waals surface area contributed by atoms with Gasteiger partial charge in [-0.05, 0) is 19.3 Å². The molecule has 0 heterocycles. The largest absolute Gasteiger partial charge is 0.463 e. The van der Waals surface area contributed by atoms with E-state index < -0.39 is 11.9 Å². The number of hydrogen-bond acceptors (Lipinski definition) is 4. The van der Waals surface area contributed by atoms with E-state index in [-0.39, 0.29) is 6.10 Å². The normalized spacial score (nSPS) is 12.2. The van der Waals surface area contributed by atoms with Crippen LogP contribution >= 0.6 is 0 Å². The van der Waals surface area contributed by atoms with Crippen LogP contribution in [-0.2, 0) is 19.1 Å². The maximum atomic E-state index is 11.9. The molecular formula is C27H50O4. The molecular weight excluding hydrogens is 388 g/mol. The highest BCUT2D eigenvalue weighted by Crippen LogP contribution is 2.13. The van der Waals surface area contributed by atoms with Crippen molar-refractivity contribution in [3.63, 3.8) is 0 Å². The molecule has 0 N–H and O–H groups in total. The maximum absolute atomic E-state index is 11.9. The first kappa shape index (κ1) is 29.7. The lowest BCUT2D eigenvalue weighted by molar-refractivity contribution is -0.144. The molecule has 0 bridgehead atoms. The number of ether oxygens (including phenoxy) is 2. The summed E-state index contributed by atoms with van der Waals surface area (Å²) in [5, 5.41) is 0. The van der Waals surface area contributed by atoms with Crippen LogP contribution < -0.4 is 0 Å². The number of hydrogen-bond donors (Lipinski definition) is 0. The van der Waals surface area contributed by atoms with Crippen molar-refractivity contribution in [2.45, 2.75) is 142 Å². The van der Waals surface area contributed by atoms with Crippen molar-refractivity contribution in [2.75, 3.05) is 6.61 Å². The average Bonchev–Trinajstić information content (AvgIpc) is 2.76. The monoisotopic (exact) mass is 438 g/mol. The summed E-state index contributed by atoms with van der Waals surface area (Å²) in [6.45, 7) is 6.89. The van der Waals surface area contributed by atoms with Gasteiger partial charge in [0.2, 0.25) is 0 Å². The topological polar surface area (TPSA) is 52.6 Å². The van der Waals surface area contributed by atoms with E-state index in [0.29, 0.717) is 6.61 Å². The van der Waals surface area contributed by atoms with Crippen molar-refractivity contribution >= 4 is 11.9 Å². The van der Waals surface area contributed by atoms with E-state index in [1.165, 1.54) is 82.8 Å². The van der Waals surface area contributed by atoms with Crippen LogP contribution in [0.25, 0.3) is 0 Å². The molecule has 0 aliphatic heterocycles. The van der Waals surface area contributed by atoms with E-state index in [0.717, 1.165) is 44.9 Å². The van der Waals surface area contributed by atoms with Crippen molar-refractivity contribution in [3.8, 4) is 0 Å². The summed E-state index contributed by atoms with van der Waals surface area (Å²) in [4.78, 5) is 23.6. The predicted molar refractivity (Wildman–Crippen MR) is 130 cm³/mol. The van der Waals surface area contributed by atoms with Crippen LogP contribution in [0.3, 0.4) is 0 Å². The Kier molecular flexibility index (Phi) is 22.4. The molecule has 1 atom stereocenters. The highest BCUT2D eigenvalue weighted by molar-refractivity contribution is 5.91. The number of carbonyl (C=O) groups is 2. The van der Waals surface area contributed by atoms with Crippen LogP contribution in [0.15, 0.2) is 12.2 Å². The van der Waals surface area contributed by atoms with Crippen molar-refractivity contribution in [2.24, 2.45) is 0 Å². The summed E-state index contributed by atoms with van der Waals surface area (Å²) >= 11 is 0. The van der Waals surface area contributed by atoms with Gasteiger partial charge in [-0.1, -0.05) is 117 Å². The average molecular weight is 439 g/mol. The molecule has 0 aromatic heterocycles. The lowest BCUT2D eigenvalue weighted by atomic mass is 10.0. The third-order valence-electron chi connectivity index (χ3n) is 5.62. The molecule has 0 aromatic rings. The molecule has 0 saturated heterocycles. The fraction of sp³-hybridized carbons (Fsp3) is 0.852. The molecule has 0 radical (unpaired) electrons. The third-order valence-corrected chi connectivity index (χ3v) is 5.62. The minimum atomic E-state index is -0.462. The Morgan fingerprint density at radius 3 is 1.58 bits per heavy atom. The molecule has 0 fully saturated rings. The van der Waals surface area contributed by atoms with E-state index in [1.54, 1.807) is 0 Å². The molecule has 0 aromatic carbocycles. The minimum Gasteiger partial charge on any atom is -0.463 e. The SMILES string of the molecule is CCCCCCCCCCCCCCCOC(=O)/C=C/C(=O)OC(CCC)CCCC. The van der Waals surface area contributed by atoms with E-state index in [2.05, 4.69) is 20.8 Å². The van der Waals surface area contributed by atoms with Crippen LogP contribution in [-0.4, -0.2) is 24.6 Å². The summed E-state index contributed by atoms with van der Waals surface area (Å²) in [5.41, 5.74) is 0. The summed E-state index contributed by atoms with van der Waals surface area (Å²) in [6.07, 6.45) is 24.0. The van der Waals surface area contributed by atoms with Gasteiger partial charge in [0, 0.05) is 12.2 Å². The molecule has 0 aliphatic carbocycles. The number of carbonyl (C=O) groups excluding carboxylic acids is 2. The van der Waals surface area contributed by atoms with E-state index in [4.69, 9.17) is 9.47 Å². The Bertz CT molecular complexity index is 445. The van der Waals surface area contributed by atoms with E-state index >= 15 is 0 Å². The predicted octanol–water partition coefficient (Wildman–Crippen LogP) is 8.08. The second-order valence-electron chi connectivity index (χ2n) is 8.73. The van der Waals surface area contributed by atoms with Crippen molar-refractivity contribution in [1.82, 2.24) is 0 Å². The van der Waals surface area contributed by atoms with Crippen LogP contribution in [0.5, 0.6) is 0 Å². The minimum absolute atomic E-state index is 0.0519.